The highest BCUT2D eigenvalue weighted by molar-refractivity contribution is 5.97. The van der Waals surface area contributed by atoms with E-state index < -0.39 is 0 Å². The largest absolute Gasteiger partial charge is 0.489 e. The van der Waals surface area contributed by atoms with E-state index in [-0.39, 0.29) is 5.91 Å². The fourth-order valence-corrected chi connectivity index (χ4v) is 2.39. The Hall–Kier alpha value is -2.03. The van der Waals surface area contributed by atoms with Crippen molar-refractivity contribution < 1.29 is 9.53 Å². The van der Waals surface area contributed by atoms with Crippen LogP contribution in [-0.2, 0) is 11.2 Å². The second-order valence-corrected chi connectivity index (χ2v) is 5.11. The van der Waals surface area contributed by atoms with Gasteiger partial charge >= 0.3 is 0 Å². The van der Waals surface area contributed by atoms with Gasteiger partial charge in [-0.3, -0.25) is 4.79 Å². The lowest BCUT2D eigenvalue weighted by atomic mass is 9.99. The molecule has 0 aliphatic carbocycles. The first kappa shape index (κ1) is 14.4. The number of benzene rings is 1. The van der Waals surface area contributed by atoms with E-state index in [4.69, 9.17) is 4.74 Å². The summed E-state index contributed by atoms with van der Waals surface area (Å²) in [7, 11) is 0. The van der Waals surface area contributed by atoms with Crippen LogP contribution in [0.2, 0.25) is 0 Å². The summed E-state index contributed by atoms with van der Waals surface area (Å²) in [4.78, 5) is 14.0. The molecule has 0 fully saturated rings. The highest BCUT2D eigenvalue weighted by Crippen LogP contribution is 2.35. The van der Waals surface area contributed by atoms with E-state index in [0.717, 1.165) is 35.4 Å². The number of anilines is 1. The first-order valence-electron chi connectivity index (χ1n) is 6.94. The van der Waals surface area contributed by atoms with Gasteiger partial charge in [-0.25, -0.2) is 0 Å². The molecule has 106 valence electrons. The van der Waals surface area contributed by atoms with Crippen molar-refractivity contribution in [3.8, 4) is 5.75 Å². The van der Waals surface area contributed by atoms with Crippen molar-refractivity contribution in [2.24, 2.45) is 0 Å². The van der Waals surface area contributed by atoms with E-state index in [2.05, 4.69) is 13.2 Å². The van der Waals surface area contributed by atoms with Crippen molar-refractivity contribution in [1.82, 2.24) is 0 Å². The molecule has 1 heterocycles. The molecule has 20 heavy (non-hydrogen) atoms. The van der Waals surface area contributed by atoms with Gasteiger partial charge in [0.05, 0.1) is 5.69 Å². The van der Waals surface area contributed by atoms with E-state index in [9.17, 15) is 4.79 Å². The second kappa shape index (κ2) is 6.42. The summed E-state index contributed by atoms with van der Waals surface area (Å²) in [5, 5.41) is 0. The Balaban J connectivity index is 2.28. The van der Waals surface area contributed by atoms with Crippen LogP contribution in [0.3, 0.4) is 0 Å². The standard InChI is InChI=1S/C17H21NO2/c1-4-12-20-16-7-5-6-15-14(16)8-9-17(19)18(15)11-10-13(2)3/h4-7H,1-2,8-12H2,3H3. The highest BCUT2D eigenvalue weighted by atomic mass is 16.5. The van der Waals surface area contributed by atoms with Gasteiger partial charge in [-0.2, -0.15) is 0 Å². The molecule has 1 aromatic carbocycles. The fraction of sp³-hybridized carbons (Fsp3) is 0.353. The zero-order valence-corrected chi connectivity index (χ0v) is 12.0. The molecular formula is C17H21NO2. The molecule has 3 heteroatoms. The molecule has 0 aromatic heterocycles. The van der Waals surface area contributed by atoms with E-state index in [1.165, 1.54) is 0 Å². The summed E-state index contributed by atoms with van der Waals surface area (Å²) in [6.07, 6.45) is 3.83. The molecule has 1 aliphatic heterocycles. The van der Waals surface area contributed by atoms with Crippen molar-refractivity contribution in [1.29, 1.82) is 0 Å². The van der Waals surface area contributed by atoms with Gasteiger partial charge in [-0.1, -0.05) is 24.3 Å². The summed E-state index contributed by atoms with van der Waals surface area (Å²) < 4.78 is 5.69. The first-order chi connectivity index (χ1) is 9.63. The number of nitrogens with zero attached hydrogens (tertiary/aromatic N) is 1. The van der Waals surface area contributed by atoms with Gasteiger partial charge in [0.25, 0.3) is 0 Å². The van der Waals surface area contributed by atoms with Gasteiger partial charge in [0.15, 0.2) is 0 Å². The minimum atomic E-state index is 0.180. The molecular weight excluding hydrogens is 250 g/mol. The average molecular weight is 271 g/mol. The predicted octanol–water partition coefficient (Wildman–Crippen LogP) is 3.50. The van der Waals surface area contributed by atoms with Crippen LogP contribution in [0.15, 0.2) is 43.0 Å². The van der Waals surface area contributed by atoms with Gasteiger partial charge < -0.3 is 9.64 Å². The lowest BCUT2D eigenvalue weighted by molar-refractivity contribution is -0.118. The maximum absolute atomic E-state index is 12.1. The van der Waals surface area contributed by atoms with E-state index in [1.54, 1.807) is 6.08 Å². The Morgan fingerprint density at radius 1 is 1.45 bits per heavy atom. The molecule has 0 bridgehead atoms. The number of carbonyl (C=O) groups is 1. The number of carbonyl (C=O) groups excluding carboxylic acids is 1. The Morgan fingerprint density at radius 3 is 2.95 bits per heavy atom. The molecule has 1 aliphatic rings. The lowest BCUT2D eigenvalue weighted by Crippen LogP contribution is -2.36. The SMILES string of the molecule is C=CCOc1cccc2c1CCC(=O)N2CCC(=C)C. The Labute approximate surface area is 120 Å². The van der Waals surface area contributed by atoms with Crippen LogP contribution in [0.5, 0.6) is 5.75 Å². The number of ether oxygens (including phenoxy) is 1. The number of rotatable bonds is 6. The molecule has 0 atom stereocenters. The van der Waals surface area contributed by atoms with Gasteiger partial charge in [0.1, 0.15) is 12.4 Å². The summed E-state index contributed by atoms with van der Waals surface area (Å²) in [6, 6.07) is 5.88. The number of fused-ring (bicyclic) bond motifs is 1. The van der Waals surface area contributed by atoms with E-state index >= 15 is 0 Å². The second-order valence-electron chi connectivity index (χ2n) is 5.11. The summed E-state index contributed by atoms with van der Waals surface area (Å²) in [5.41, 5.74) is 3.18. The predicted molar refractivity (Wildman–Crippen MR) is 82.2 cm³/mol. The lowest BCUT2D eigenvalue weighted by Gasteiger charge is -2.30. The maximum Gasteiger partial charge on any atom is 0.227 e. The van der Waals surface area contributed by atoms with E-state index in [0.29, 0.717) is 19.6 Å². The number of amides is 1. The fourth-order valence-electron chi connectivity index (χ4n) is 2.39. The van der Waals surface area contributed by atoms with E-state index in [1.807, 2.05) is 30.0 Å². The van der Waals surface area contributed by atoms with Crippen LogP contribution in [0.4, 0.5) is 5.69 Å². The van der Waals surface area contributed by atoms with Crippen LogP contribution in [0, 0.1) is 0 Å². The number of hydrogen-bond acceptors (Lipinski definition) is 2. The summed E-state index contributed by atoms with van der Waals surface area (Å²) in [6.45, 7) is 10.7. The molecule has 1 amide bonds. The van der Waals surface area contributed by atoms with Crippen LogP contribution in [-0.4, -0.2) is 19.1 Å². The van der Waals surface area contributed by atoms with Crippen LogP contribution < -0.4 is 9.64 Å². The minimum absolute atomic E-state index is 0.180. The summed E-state index contributed by atoms with van der Waals surface area (Å²) >= 11 is 0. The first-order valence-corrected chi connectivity index (χ1v) is 6.94. The zero-order chi connectivity index (χ0) is 14.5. The van der Waals surface area contributed by atoms with Crippen LogP contribution in [0.25, 0.3) is 0 Å². The maximum atomic E-state index is 12.1. The highest BCUT2D eigenvalue weighted by Gasteiger charge is 2.25. The molecule has 3 nitrogen and oxygen atoms in total. The molecule has 0 saturated heterocycles. The number of hydrogen-bond donors (Lipinski definition) is 0. The third-order valence-corrected chi connectivity index (χ3v) is 3.41. The monoisotopic (exact) mass is 271 g/mol. The zero-order valence-electron chi connectivity index (χ0n) is 12.0. The van der Waals surface area contributed by atoms with Crippen LogP contribution >= 0.6 is 0 Å². The molecule has 2 rings (SSSR count). The Morgan fingerprint density at radius 2 is 2.25 bits per heavy atom. The molecule has 0 spiro atoms. The molecule has 0 radical (unpaired) electrons. The van der Waals surface area contributed by atoms with Crippen molar-refractivity contribution in [3.63, 3.8) is 0 Å². The Bertz CT molecular complexity index is 534. The van der Waals surface area contributed by atoms with Gasteiger partial charge in [0.2, 0.25) is 5.91 Å². The van der Waals surface area contributed by atoms with Gasteiger partial charge in [-0.05, 0) is 31.9 Å². The molecule has 0 N–H and O–H groups in total. The van der Waals surface area contributed by atoms with Gasteiger partial charge in [0, 0.05) is 18.5 Å². The smallest absolute Gasteiger partial charge is 0.227 e. The van der Waals surface area contributed by atoms with Crippen molar-refractivity contribution in [2.75, 3.05) is 18.1 Å². The normalized spacial score (nSPS) is 13.8. The van der Waals surface area contributed by atoms with Gasteiger partial charge in [-0.15, -0.1) is 6.58 Å². The van der Waals surface area contributed by atoms with Crippen molar-refractivity contribution >= 4 is 11.6 Å². The Kier molecular flexibility index (Phi) is 4.61. The third-order valence-electron chi connectivity index (χ3n) is 3.41. The quantitative estimate of drug-likeness (QED) is 0.741. The summed E-state index contributed by atoms with van der Waals surface area (Å²) in [5.74, 6) is 1.04. The average Bonchev–Trinajstić information content (AvgIpc) is 2.43. The molecule has 1 aromatic rings. The van der Waals surface area contributed by atoms with Crippen molar-refractivity contribution in [3.05, 3.63) is 48.6 Å². The third kappa shape index (κ3) is 3.10. The van der Waals surface area contributed by atoms with Crippen molar-refractivity contribution in [2.45, 2.75) is 26.2 Å². The topological polar surface area (TPSA) is 29.5 Å². The van der Waals surface area contributed by atoms with Crippen LogP contribution in [0.1, 0.15) is 25.3 Å². The molecule has 0 saturated carbocycles. The minimum Gasteiger partial charge on any atom is -0.489 e. The molecule has 0 unspecified atom stereocenters.